The lowest BCUT2D eigenvalue weighted by molar-refractivity contribution is 0.0935. The number of halogens is 1. The van der Waals surface area contributed by atoms with E-state index in [1.165, 1.54) is 12.6 Å². The Balaban J connectivity index is 1.71. The zero-order valence-electron chi connectivity index (χ0n) is 12.3. The Morgan fingerprint density at radius 2 is 1.88 bits per heavy atom. The number of nitrogens with one attached hydrogen (secondary N) is 3. The fraction of sp³-hybridized carbons (Fsp3) is 0. The third kappa shape index (κ3) is 3.74. The maximum atomic E-state index is 11.8. The zero-order chi connectivity index (χ0) is 16.9. The van der Waals surface area contributed by atoms with Crippen LogP contribution in [0.5, 0.6) is 0 Å². The van der Waals surface area contributed by atoms with Gasteiger partial charge in [-0.2, -0.15) is 0 Å². The molecule has 24 heavy (non-hydrogen) atoms. The van der Waals surface area contributed by atoms with Gasteiger partial charge in [0.05, 0.1) is 6.26 Å². The molecule has 0 aliphatic heterocycles. The number of benzene rings is 1. The van der Waals surface area contributed by atoms with Crippen molar-refractivity contribution in [1.29, 1.82) is 0 Å². The third-order valence-corrected chi connectivity index (χ3v) is 3.75. The molecule has 0 bridgehead atoms. The molecule has 2 heterocycles. The minimum absolute atomic E-state index is 0.173. The SMILES string of the molecule is Nc1c(NNC(=O)c2ccco2)ncnc1Nc1ccc(I)cc1. The van der Waals surface area contributed by atoms with Gasteiger partial charge in [-0.15, -0.1) is 0 Å². The fourth-order valence-electron chi connectivity index (χ4n) is 1.85. The summed E-state index contributed by atoms with van der Waals surface area (Å²) in [6, 6.07) is 10.9. The molecule has 0 atom stereocenters. The number of nitrogens with zero attached hydrogens (tertiary/aromatic N) is 2. The number of carbonyl (C=O) groups is 1. The number of carbonyl (C=O) groups excluding carboxylic acids is 1. The summed E-state index contributed by atoms with van der Waals surface area (Å²) in [4.78, 5) is 20.0. The number of hydrogen-bond acceptors (Lipinski definition) is 7. The van der Waals surface area contributed by atoms with Gasteiger partial charge in [0, 0.05) is 9.26 Å². The van der Waals surface area contributed by atoms with Gasteiger partial charge in [0.15, 0.2) is 17.4 Å². The Morgan fingerprint density at radius 3 is 2.58 bits per heavy atom. The molecule has 5 N–H and O–H groups in total. The minimum Gasteiger partial charge on any atom is -0.459 e. The molecule has 2 aromatic heterocycles. The number of hydrogen-bond donors (Lipinski definition) is 4. The second-order valence-corrected chi connectivity index (χ2v) is 5.92. The van der Waals surface area contributed by atoms with Crippen molar-refractivity contribution < 1.29 is 9.21 Å². The predicted molar refractivity (Wildman–Crippen MR) is 98.7 cm³/mol. The Bertz CT molecular complexity index is 836. The van der Waals surface area contributed by atoms with Crippen molar-refractivity contribution in [3.05, 3.63) is 58.3 Å². The monoisotopic (exact) mass is 436 g/mol. The van der Waals surface area contributed by atoms with Crippen LogP contribution in [0.2, 0.25) is 0 Å². The number of anilines is 4. The minimum atomic E-state index is -0.440. The molecule has 1 aromatic carbocycles. The number of nitrogen functional groups attached to an aromatic ring is 1. The van der Waals surface area contributed by atoms with E-state index >= 15 is 0 Å². The lowest BCUT2D eigenvalue weighted by atomic mass is 10.3. The molecule has 0 saturated carbocycles. The van der Waals surface area contributed by atoms with E-state index in [-0.39, 0.29) is 17.3 Å². The molecule has 122 valence electrons. The summed E-state index contributed by atoms with van der Waals surface area (Å²) in [5, 5.41) is 3.10. The molecule has 0 radical (unpaired) electrons. The summed E-state index contributed by atoms with van der Waals surface area (Å²) >= 11 is 2.22. The number of nitrogens with two attached hydrogens (primary N) is 1. The molecule has 0 spiro atoms. The van der Waals surface area contributed by atoms with Crippen LogP contribution in [-0.2, 0) is 0 Å². The van der Waals surface area contributed by atoms with E-state index in [2.05, 4.69) is 48.7 Å². The van der Waals surface area contributed by atoms with E-state index in [9.17, 15) is 4.79 Å². The first-order valence-corrected chi connectivity index (χ1v) is 7.94. The van der Waals surface area contributed by atoms with Gasteiger partial charge in [-0.3, -0.25) is 15.6 Å². The Kier molecular flexibility index (Phi) is 4.79. The highest BCUT2D eigenvalue weighted by molar-refractivity contribution is 14.1. The Labute approximate surface area is 151 Å². The largest absolute Gasteiger partial charge is 0.459 e. The van der Waals surface area contributed by atoms with Gasteiger partial charge < -0.3 is 15.5 Å². The number of hydrazine groups is 1. The average molecular weight is 436 g/mol. The van der Waals surface area contributed by atoms with Crippen molar-refractivity contribution in [3.8, 4) is 0 Å². The van der Waals surface area contributed by atoms with Crippen molar-refractivity contribution >= 4 is 51.5 Å². The molecular formula is C15H13IN6O2. The number of furan rings is 1. The first-order chi connectivity index (χ1) is 11.6. The van der Waals surface area contributed by atoms with E-state index in [1.807, 2.05) is 24.3 Å². The summed E-state index contributed by atoms with van der Waals surface area (Å²) in [7, 11) is 0. The van der Waals surface area contributed by atoms with Gasteiger partial charge in [-0.25, -0.2) is 9.97 Å². The molecule has 3 rings (SSSR count). The maximum absolute atomic E-state index is 11.8. The normalized spacial score (nSPS) is 10.2. The lowest BCUT2D eigenvalue weighted by Gasteiger charge is -2.12. The molecule has 1 amide bonds. The van der Waals surface area contributed by atoms with E-state index in [0.717, 1.165) is 9.26 Å². The summed E-state index contributed by atoms with van der Waals surface area (Å²) < 4.78 is 6.12. The summed E-state index contributed by atoms with van der Waals surface area (Å²) in [6.07, 6.45) is 2.75. The van der Waals surface area contributed by atoms with Crippen molar-refractivity contribution in [2.24, 2.45) is 0 Å². The van der Waals surface area contributed by atoms with Crippen LogP contribution in [0.1, 0.15) is 10.6 Å². The van der Waals surface area contributed by atoms with Crippen LogP contribution in [0.15, 0.2) is 53.4 Å². The van der Waals surface area contributed by atoms with Gasteiger partial charge in [0.1, 0.15) is 12.0 Å². The summed E-state index contributed by atoms with van der Waals surface area (Å²) in [6.45, 7) is 0. The van der Waals surface area contributed by atoms with Crippen molar-refractivity contribution in [2.75, 3.05) is 16.5 Å². The van der Waals surface area contributed by atoms with E-state index < -0.39 is 5.91 Å². The Morgan fingerprint density at radius 1 is 1.12 bits per heavy atom. The second kappa shape index (κ2) is 7.17. The summed E-state index contributed by atoms with van der Waals surface area (Å²) in [5.74, 6) is 0.441. The number of amides is 1. The third-order valence-electron chi connectivity index (χ3n) is 3.03. The smallest absolute Gasteiger partial charge is 0.305 e. The van der Waals surface area contributed by atoms with E-state index in [1.54, 1.807) is 12.1 Å². The zero-order valence-corrected chi connectivity index (χ0v) is 14.4. The van der Waals surface area contributed by atoms with Gasteiger partial charge >= 0.3 is 5.91 Å². The molecule has 0 saturated heterocycles. The molecule has 0 fully saturated rings. The number of rotatable bonds is 5. The summed E-state index contributed by atoms with van der Waals surface area (Å²) in [5.41, 5.74) is 12.3. The molecular weight excluding hydrogens is 423 g/mol. The van der Waals surface area contributed by atoms with Gasteiger partial charge in [-0.1, -0.05) is 0 Å². The van der Waals surface area contributed by atoms with Crippen LogP contribution in [-0.4, -0.2) is 15.9 Å². The second-order valence-electron chi connectivity index (χ2n) is 4.67. The number of aromatic nitrogens is 2. The quantitative estimate of drug-likeness (QED) is 0.359. The van der Waals surface area contributed by atoms with Crippen LogP contribution in [0.4, 0.5) is 23.0 Å². The van der Waals surface area contributed by atoms with Crippen LogP contribution in [0, 0.1) is 3.57 Å². The van der Waals surface area contributed by atoms with Gasteiger partial charge in [-0.05, 0) is 59.0 Å². The molecule has 9 heteroatoms. The highest BCUT2D eigenvalue weighted by Gasteiger charge is 2.11. The lowest BCUT2D eigenvalue weighted by Crippen LogP contribution is -2.30. The van der Waals surface area contributed by atoms with Crippen LogP contribution in [0.25, 0.3) is 0 Å². The predicted octanol–water partition coefficient (Wildman–Crippen LogP) is 2.76. The van der Waals surface area contributed by atoms with Crippen molar-refractivity contribution in [1.82, 2.24) is 15.4 Å². The van der Waals surface area contributed by atoms with E-state index in [4.69, 9.17) is 10.2 Å². The first kappa shape index (κ1) is 16.1. The topological polar surface area (TPSA) is 118 Å². The van der Waals surface area contributed by atoms with Crippen molar-refractivity contribution in [2.45, 2.75) is 0 Å². The molecule has 0 aliphatic rings. The molecule has 0 unspecified atom stereocenters. The molecule has 0 aliphatic carbocycles. The maximum Gasteiger partial charge on any atom is 0.305 e. The van der Waals surface area contributed by atoms with Gasteiger partial charge in [0.25, 0.3) is 0 Å². The average Bonchev–Trinajstić information content (AvgIpc) is 3.12. The van der Waals surface area contributed by atoms with Crippen LogP contribution >= 0.6 is 22.6 Å². The van der Waals surface area contributed by atoms with Crippen molar-refractivity contribution in [3.63, 3.8) is 0 Å². The highest BCUT2D eigenvalue weighted by Crippen LogP contribution is 2.25. The fourth-order valence-corrected chi connectivity index (χ4v) is 2.21. The molecule has 8 nitrogen and oxygen atoms in total. The van der Waals surface area contributed by atoms with Crippen LogP contribution < -0.4 is 21.9 Å². The van der Waals surface area contributed by atoms with Crippen LogP contribution in [0.3, 0.4) is 0 Å². The Hall–Kier alpha value is -2.82. The van der Waals surface area contributed by atoms with E-state index in [0.29, 0.717) is 5.82 Å². The standard InChI is InChI=1S/C15H13IN6O2/c16-9-3-5-10(6-4-9)20-13-12(17)14(19-8-18-13)21-22-15(23)11-2-1-7-24-11/h1-8H,17H2,(H,22,23)(H2,18,19,20,21). The first-order valence-electron chi connectivity index (χ1n) is 6.86. The van der Waals surface area contributed by atoms with Gasteiger partial charge in [0.2, 0.25) is 0 Å². The highest BCUT2D eigenvalue weighted by atomic mass is 127. The molecule has 3 aromatic rings.